The first-order valence-electron chi connectivity index (χ1n) is 9.88. The highest BCUT2D eigenvalue weighted by molar-refractivity contribution is 7.88. The topological polar surface area (TPSA) is 66.5 Å². The first kappa shape index (κ1) is 20.8. The molecule has 2 unspecified atom stereocenters. The number of likely N-dealkylation sites (tertiary alicyclic amines) is 1. The molecule has 2 atom stereocenters. The molecule has 152 valence electrons. The van der Waals surface area contributed by atoms with Gasteiger partial charge in [0.15, 0.2) is 0 Å². The summed E-state index contributed by atoms with van der Waals surface area (Å²) in [6.45, 7) is 8.73. The Bertz CT molecular complexity index is 793. The van der Waals surface area contributed by atoms with E-state index in [-0.39, 0.29) is 11.8 Å². The Balaban J connectivity index is 1.65. The van der Waals surface area contributed by atoms with E-state index >= 15 is 0 Å². The molecule has 1 amide bonds. The molecule has 0 spiro atoms. The summed E-state index contributed by atoms with van der Waals surface area (Å²) in [5.41, 5.74) is 1.66. The van der Waals surface area contributed by atoms with Gasteiger partial charge in [0.2, 0.25) is 10.0 Å². The summed E-state index contributed by atoms with van der Waals surface area (Å²) < 4.78 is 25.2. The van der Waals surface area contributed by atoms with Crippen molar-refractivity contribution in [3.05, 3.63) is 21.4 Å². The van der Waals surface area contributed by atoms with E-state index < -0.39 is 10.0 Å². The summed E-state index contributed by atoms with van der Waals surface area (Å²) in [6, 6.07) is 2.12. The minimum absolute atomic E-state index is 0.116. The van der Waals surface area contributed by atoms with Crippen LogP contribution in [0, 0.1) is 17.3 Å². The van der Waals surface area contributed by atoms with Gasteiger partial charge in [-0.25, -0.2) is 13.1 Å². The minimum atomic E-state index is -3.18. The lowest BCUT2D eigenvalue weighted by molar-refractivity contribution is 0.0681. The zero-order valence-corrected chi connectivity index (χ0v) is 18.5. The zero-order chi connectivity index (χ0) is 19.8. The number of sulfonamides is 1. The molecule has 1 N–H and O–H groups in total. The first-order chi connectivity index (χ1) is 12.5. The molecule has 1 aromatic heterocycles. The van der Waals surface area contributed by atoms with Crippen LogP contribution in [0.3, 0.4) is 0 Å². The van der Waals surface area contributed by atoms with Crippen LogP contribution >= 0.6 is 11.3 Å². The van der Waals surface area contributed by atoms with Gasteiger partial charge in [-0.3, -0.25) is 4.79 Å². The van der Waals surface area contributed by atoms with E-state index in [1.807, 2.05) is 4.90 Å². The van der Waals surface area contributed by atoms with Crippen LogP contribution in [0.15, 0.2) is 6.07 Å². The third kappa shape index (κ3) is 5.33. The molecule has 3 rings (SSSR count). The maximum Gasteiger partial charge on any atom is 0.263 e. The van der Waals surface area contributed by atoms with Crippen LogP contribution in [-0.4, -0.2) is 45.1 Å². The van der Waals surface area contributed by atoms with Crippen molar-refractivity contribution in [2.45, 2.75) is 52.9 Å². The van der Waals surface area contributed by atoms with Crippen molar-refractivity contribution in [1.29, 1.82) is 0 Å². The van der Waals surface area contributed by atoms with Gasteiger partial charge >= 0.3 is 0 Å². The Kier molecular flexibility index (Phi) is 6.04. The van der Waals surface area contributed by atoms with Crippen LogP contribution in [0.4, 0.5) is 0 Å². The maximum atomic E-state index is 13.0. The van der Waals surface area contributed by atoms with Gasteiger partial charge in [-0.2, -0.15) is 0 Å². The molecule has 5 nitrogen and oxygen atoms in total. The average Bonchev–Trinajstić information content (AvgIpc) is 3.01. The monoisotopic (exact) mass is 412 g/mol. The van der Waals surface area contributed by atoms with Gasteiger partial charge in [0.05, 0.1) is 11.1 Å². The van der Waals surface area contributed by atoms with Crippen molar-refractivity contribution in [1.82, 2.24) is 9.62 Å². The third-order valence-corrected chi connectivity index (χ3v) is 7.87. The van der Waals surface area contributed by atoms with Crippen molar-refractivity contribution >= 4 is 27.3 Å². The van der Waals surface area contributed by atoms with Gasteiger partial charge < -0.3 is 4.90 Å². The van der Waals surface area contributed by atoms with Crippen molar-refractivity contribution in [3.8, 4) is 0 Å². The zero-order valence-electron chi connectivity index (χ0n) is 16.9. The van der Waals surface area contributed by atoms with Crippen LogP contribution < -0.4 is 4.72 Å². The van der Waals surface area contributed by atoms with Gasteiger partial charge in [0, 0.05) is 24.5 Å². The SMILES string of the molecule is CC(C)(C)C1CCc2sc(C(=O)N3CCCC(CNS(C)(=O)=O)C3)cc2C1. The number of hydrogen-bond donors (Lipinski definition) is 1. The van der Waals surface area contributed by atoms with E-state index in [2.05, 4.69) is 31.6 Å². The fourth-order valence-corrected chi connectivity index (χ4v) is 5.92. The third-order valence-electron chi connectivity index (χ3n) is 5.96. The largest absolute Gasteiger partial charge is 0.338 e. The molecule has 1 saturated heterocycles. The maximum absolute atomic E-state index is 13.0. The number of amides is 1. The molecule has 0 aromatic carbocycles. The molecule has 1 aromatic rings. The normalized spacial score (nSPS) is 23.9. The second kappa shape index (κ2) is 7.84. The van der Waals surface area contributed by atoms with Crippen LogP contribution in [-0.2, 0) is 22.9 Å². The van der Waals surface area contributed by atoms with Crippen molar-refractivity contribution in [2.75, 3.05) is 25.9 Å². The molecule has 7 heteroatoms. The number of nitrogens with one attached hydrogen (secondary N) is 1. The predicted octanol–water partition coefficient (Wildman–Crippen LogP) is 3.30. The van der Waals surface area contributed by atoms with E-state index in [9.17, 15) is 13.2 Å². The quantitative estimate of drug-likeness (QED) is 0.825. The predicted molar refractivity (Wildman–Crippen MR) is 111 cm³/mol. The van der Waals surface area contributed by atoms with Crippen molar-refractivity contribution in [2.24, 2.45) is 17.3 Å². The number of fused-ring (bicyclic) bond motifs is 1. The van der Waals surface area contributed by atoms with Crippen molar-refractivity contribution in [3.63, 3.8) is 0 Å². The van der Waals surface area contributed by atoms with Gasteiger partial charge in [-0.1, -0.05) is 20.8 Å². The van der Waals surface area contributed by atoms with E-state index in [0.717, 1.165) is 37.1 Å². The van der Waals surface area contributed by atoms with E-state index in [1.165, 1.54) is 23.1 Å². The van der Waals surface area contributed by atoms with Gasteiger partial charge in [0.1, 0.15) is 0 Å². The summed E-state index contributed by atoms with van der Waals surface area (Å²) in [4.78, 5) is 17.2. The molecule has 1 fully saturated rings. The summed E-state index contributed by atoms with van der Waals surface area (Å²) in [5.74, 6) is 0.979. The highest BCUT2D eigenvalue weighted by Gasteiger charge is 2.32. The summed E-state index contributed by atoms with van der Waals surface area (Å²) in [7, 11) is -3.18. The molecular weight excluding hydrogens is 380 g/mol. The smallest absolute Gasteiger partial charge is 0.263 e. The number of carbonyl (C=O) groups is 1. The van der Waals surface area contributed by atoms with Crippen molar-refractivity contribution < 1.29 is 13.2 Å². The van der Waals surface area contributed by atoms with E-state index in [4.69, 9.17) is 0 Å². The second-order valence-corrected chi connectivity index (χ2v) is 12.2. The molecule has 2 heterocycles. The van der Waals surface area contributed by atoms with E-state index in [1.54, 1.807) is 11.3 Å². The number of nitrogens with zero attached hydrogens (tertiary/aromatic N) is 1. The lowest BCUT2D eigenvalue weighted by Gasteiger charge is -2.33. The van der Waals surface area contributed by atoms with Gasteiger partial charge in [0.25, 0.3) is 5.91 Å². The fraction of sp³-hybridized carbons (Fsp3) is 0.750. The first-order valence-corrected chi connectivity index (χ1v) is 12.6. The van der Waals surface area contributed by atoms with Gasteiger partial charge in [-0.05, 0) is 61.0 Å². The molecule has 1 aliphatic carbocycles. The molecular formula is C20H32N2O3S2. The van der Waals surface area contributed by atoms with Crippen LogP contribution in [0.25, 0.3) is 0 Å². The molecule has 27 heavy (non-hydrogen) atoms. The average molecular weight is 413 g/mol. The van der Waals surface area contributed by atoms with Crippen LogP contribution in [0.2, 0.25) is 0 Å². The number of piperidine rings is 1. The molecule has 0 bridgehead atoms. The standard InChI is InChI=1S/C20H32N2O3S2/c1-20(2,3)16-7-8-17-15(10-16)11-18(26-17)19(23)22-9-5-6-14(13-22)12-21-27(4,24)25/h11,14,16,21H,5-10,12-13H2,1-4H3. The van der Waals surface area contributed by atoms with Crippen LogP contribution in [0.5, 0.6) is 0 Å². The van der Waals surface area contributed by atoms with E-state index in [0.29, 0.717) is 24.4 Å². The fourth-order valence-electron chi connectivity index (χ4n) is 4.21. The van der Waals surface area contributed by atoms with Crippen LogP contribution in [0.1, 0.15) is 60.1 Å². The molecule has 1 aliphatic heterocycles. The highest BCUT2D eigenvalue weighted by atomic mass is 32.2. The number of carbonyl (C=O) groups excluding carboxylic acids is 1. The summed E-state index contributed by atoms with van der Waals surface area (Å²) in [5, 5.41) is 0. The summed E-state index contributed by atoms with van der Waals surface area (Å²) in [6.07, 6.45) is 6.42. The number of rotatable bonds is 4. The Morgan fingerprint density at radius 3 is 2.74 bits per heavy atom. The molecule has 0 saturated carbocycles. The Labute approximate surface area is 167 Å². The number of thiophene rings is 1. The molecule has 2 aliphatic rings. The number of hydrogen-bond acceptors (Lipinski definition) is 4. The van der Waals surface area contributed by atoms with Gasteiger partial charge in [-0.15, -0.1) is 11.3 Å². The minimum Gasteiger partial charge on any atom is -0.338 e. The Morgan fingerprint density at radius 1 is 1.33 bits per heavy atom. The Morgan fingerprint density at radius 2 is 2.07 bits per heavy atom. The number of aryl methyl sites for hydroxylation is 1. The highest BCUT2D eigenvalue weighted by Crippen LogP contribution is 2.40. The Hall–Kier alpha value is -0.920. The second-order valence-electron chi connectivity index (χ2n) is 9.24. The summed E-state index contributed by atoms with van der Waals surface area (Å²) >= 11 is 1.67. The lowest BCUT2D eigenvalue weighted by atomic mass is 9.72. The molecule has 0 radical (unpaired) electrons. The lowest BCUT2D eigenvalue weighted by Crippen LogP contribution is -2.43.